The number of carboxylic acids is 8. The van der Waals surface area contributed by atoms with Crippen molar-refractivity contribution in [2.75, 3.05) is 131 Å². The maximum absolute atomic E-state index is 11.9. The molecule has 6 N–H and O–H groups in total. The zero-order chi connectivity index (χ0) is 47.6. The van der Waals surface area contributed by atoms with Crippen molar-refractivity contribution in [3.05, 3.63) is 0 Å². The average Bonchev–Trinajstić information content (AvgIpc) is 3.12. The fourth-order valence-corrected chi connectivity index (χ4v) is 5.08. The Morgan fingerprint density at radius 2 is 0.571 bits per heavy atom. The van der Waals surface area contributed by atoms with Crippen LogP contribution >= 0.6 is 0 Å². The molecule has 0 heterocycles. The van der Waals surface area contributed by atoms with Gasteiger partial charge in [0, 0.05) is 104 Å². The topological polar surface area (TPSA) is 421 Å². The molecule has 28 nitrogen and oxygen atoms in total. The third-order valence-corrected chi connectivity index (χ3v) is 7.68. The predicted octanol–water partition coefficient (Wildman–Crippen LogP) is -11.5. The zero-order valence-electron chi connectivity index (χ0n) is 34.1. The first kappa shape index (κ1) is 62.4. The summed E-state index contributed by atoms with van der Waals surface area (Å²) in [7, 11) is 0. The van der Waals surface area contributed by atoms with Gasteiger partial charge in [-0.05, 0) is 0 Å². The van der Waals surface area contributed by atoms with Gasteiger partial charge in [0.15, 0.2) is 0 Å². The molecule has 0 aliphatic rings. The van der Waals surface area contributed by atoms with E-state index in [2.05, 4.69) is 10.6 Å². The number of carbonyl (C=O) groups excluding carboxylic acids is 8. The number of nitrogens with one attached hydrogen (secondary N) is 2. The molecule has 29 heteroatoms. The van der Waals surface area contributed by atoms with Crippen LogP contribution < -0.4 is 31.1 Å². The van der Waals surface area contributed by atoms with E-state index >= 15 is 0 Å². The maximum atomic E-state index is 11.9. The molecule has 63 heavy (non-hydrogen) atoms. The summed E-state index contributed by atoms with van der Waals surface area (Å²) in [6.07, 6.45) is 1.42. The number of carboxylic acid groups (broad SMARTS) is 8. The summed E-state index contributed by atoms with van der Waals surface area (Å²) in [5, 5.41) is 84.0. The molecule has 0 fully saturated rings. The van der Waals surface area contributed by atoms with E-state index in [1.807, 2.05) is 0 Å². The van der Waals surface area contributed by atoms with Crippen molar-refractivity contribution in [1.29, 1.82) is 0 Å². The molecule has 0 aliphatic heterocycles. The van der Waals surface area contributed by atoms with Gasteiger partial charge in [-0.25, -0.2) is 0 Å². The molecular weight excluding hydrogens is 998 g/mol. The van der Waals surface area contributed by atoms with Gasteiger partial charge in [0.25, 0.3) is 0 Å². The van der Waals surface area contributed by atoms with Gasteiger partial charge in [0.2, 0.25) is 11.8 Å². The van der Waals surface area contributed by atoms with E-state index < -0.39 is 112 Å². The molecule has 0 atom stereocenters. The van der Waals surface area contributed by atoms with Crippen molar-refractivity contribution in [3.63, 3.8) is 0 Å². The standard InChI is InChI=1S/2C17H28N4O10.Gd/c2*22-7-1-2-18-13(23)8-20(10-15(26)27)5-3-19(9-14(24)25)4-6-21(11-16(28)29)12-17(30)31;/h2*7H,1-6,8-12H2,(H,18,23)(H,24,25)(H,26,27)(H,28,29)(H,30,31);/q;;+3/p-4. The van der Waals surface area contributed by atoms with Crippen LogP contribution in [0.5, 0.6) is 0 Å². The summed E-state index contributed by atoms with van der Waals surface area (Å²) >= 11 is 0. The van der Waals surface area contributed by atoms with Crippen LogP contribution in [0.2, 0.25) is 0 Å². The Kier molecular flexibility index (Phi) is 37.3. The minimum absolute atomic E-state index is 0. The Morgan fingerprint density at radius 1 is 0.365 bits per heavy atom. The second-order valence-electron chi connectivity index (χ2n) is 13.1. The molecule has 1 radical (unpaired) electrons. The number of rotatable bonds is 38. The van der Waals surface area contributed by atoms with Crippen LogP contribution in [-0.4, -0.2) is 253 Å². The second kappa shape index (κ2) is 37.7. The van der Waals surface area contributed by atoms with Crippen LogP contribution in [0.4, 0.5) is 0 Å². The van der Waals surface area contributed by atoms with Crippen LogP contribution in [0.15, 0.2) is 0 Å². The van der Waals surface area contributed by atoms with E-state index in [0.717, 1.165) is 9.80 Å². The summed E-state index contributed by atoms with van der Waals surface area (Å²) in [4.78, 5) is 139. The van der Waals surface area contributed by atoms with Crippen molar-refractivity contribution in [1.82, 2.24) is 40.0 Å². The van der Waals surface area contributed by atoms with Crippen LogP contribution in [0.1, 0.15) is 12.8 Å². The Hall–Kier alpha value is -4.88. The van der Waals surface area contributed by atoms with Gasteiger partial charge in [0.1, 0.15) is 12.6 Å². The van der Waals surface area contributed by atoms with Crippen molar-refractivity contribution in [2.45, 2.75) is 12.8 Å². The molecule has 0 saturated carbocycles. The number of nitrogens with zero attached hydrogens (tertiary/aromatic N) is 6. The first-order valence-electron chi connectivity index (χ1n) is 18.5. The van der Waals surface area contributed by atoms with Gasteiger partial charge in [0.05, 0.1) is 63.1 Å². The largest absolute Gasteiger partial charge is 3.00 e. The molecular formula is C34H52GdN8O20-. The zero-order valence-corrected chi connectivity index (χ0v) is 36.3. The number of aldehydes is 2. The van der Waals surface area contributed by atoms with Crippen LogP contribution in [-0.2, 0) is 57.5 Å². The fourth-order valence-electron chi connectivity index (χ4n) is 5.08. The molecule has 0 aliphatic carbocycles. The SMILES string of the molecule is O=CCCNC(=O)CN(CCN(CCN(CC(=O)O)CC(=O)O)CC(=O)O)CC(=O)O.O=CCCNC(=O)CN(CCN(CCN(CC(=O)[O-])CC(=O)[O-])CC(=O)[O-])CC(=O)[O-].[Gd+3]. The molecule has 0 rings (SSSR count). The summed E-state index contributed by atoms with van der Waals surface area (Å²) in [5.74, 6) is -11.9. The van der Waals surface area contributed by atoms with E-state index in [-0.39, 0.29) is 131 Å². The number of hydrogen-bond acceptors (Lipinski definition) is 22. The monoisotopic (exact) mass is 1050 g/mol. The van der Waals surface area contributed by atoms with Gasteiger partial charge < -0.3 is 80.3 Å². The van der Waals surface area contributed by atoms with E-state index in [0.29, 0.717) is 12.6 Å². The van der Waals surface area contributed by atoms with Crippen molar-refractivity contribution >= 4 is 72.1 Å². The maximum Gasteiger partial charge on any atom is 3.00 e. The molecule has 0 bridgehead atoms. The van der Waals surface area contributed by atoms with Crippen molar-refractivity contribution in [2.24, 2.45) is 0 Å². The minimum Gasteiger partial charge on any atom is -0.549 e. The third kappa shape index (κ3) is 40.9. The number of carbonyl (C=O) groups is 12. The van der Waals surface area contributed by atoms with Gasteiger partial charge >= 0.3 is 63.8 Å². The molecule has 0 aromatic rings. The predicted molar refractivity (Wildman–Crippen MR) is 197 cm³/mol. The Labute approximate surface area is 392 Å². The summed E-state index contributed by atoms with van der Waals surface area (Å²) in [6.45, 7) is -5.51. The average molecular weight is 1050 g/mol. The quantitative estimate of drug-likeness (QED) is 0.0247. The van der Waals surface area contributed by atoms with E-state index in [4.69, 9.17) is 20.4 Å². The van der Waals surface area contributed by atoms with Gasteiger partial charge in [-0.2, -0.15) is 0 Å². The second-order valence-corrected chi connectivity index (χ2v) is 13.1. The Bertz CT molecular complexity index is 1370. The van der Waals surface area contributed by atoms with Crippen LogP contribution in [0.3, 0.4) is 0 Å². The third-order valence-electron chi connectivity index (χ3n) is 7.68. The molecule has 0 unspecified atom stereocenters. The smallest absolute Gasteiger partial charge is 0.549 e. The van der Waals surface area contributed by atoms with E-state index in [1.165, 1.54) is 19.6 Å². The van der Waals surface area contributed by atoms with E-state index in [9.17, 15) is 78.0 Å². The van der Waals surface area contributed by atoms with Gasteiger partial charge in [-0.15, -0.1) is 0 Å². The van der Waals surface area contributed by atoms with Crippen molar-refractivity contribution in [3.8, 4) is 0 Å². The molecule has 0 spiro atoms. The fraction of sp³-hybridized carbons (Fsp3) is 0.647. The first-order chi connectivity index (χ1) is 29.1. The summed E-state index contributed by atoms with van der Waals surface area (Å²) in [6, 6.07) is 0. The molecule has 0 aromatic carbocycles. The van der Waals surface area contributed by atoms with E-state index in [1.54, 1.807) is 0 Å². The summed E-state index contributed by atoms with van der Waals surface area (Å²) in [5.41, 5.74) is 0. The Morgan fingerprint density at radius 3 is 0.841 bits per heavy atom. The molecule has 0 saturated heterocycles. The summed E-state index contributed by atoms with van der Waals surface area (Å²) < 4.78 is 0. The normalized spacial score (nSPS) is 10.8. The number of aliphatic carboxylic acids is 8. The number of hydrogen-bond donors (Lipinski definition) is 6. The van der Waals surface area contributed by atoms with Gasteiger partial charge in [-0.3, -0.25) is 58.2 Å². The molecule has 357 valence electrons. The van der Waals surface area contributed by atoms with Crippen LogP contribution in [0.25, 0.3) is 0 Å². The van der Waals surface area contributed by atoms with Gasteiger partial charge in [-0.1, -0.05) is 0 Å². The van der Waals surface area contributed by atoms with Crippen LogP contribution in [0, 0.1) is 39.9 Å². The first-order valence-corrected chi connectivity index (χ1v) is 18.5. The molecule has 2 amide bonds. The van der Waals surface area contributed by atoms with Crippen molar-refractivity contribution < 1.29 is 138 Å². The minimum atomic E-state index is -1.53. The number of amides is 2. The molecule has 0 aromatic heterocycles. The Balaban J connectivity index is -0.00000112.